The number of piperidine rings is 1. The maximum Gasteiger partial charge on any atom is 0.0771 e. The van der Waals surface area contributed by atoms with Crippen molar-refractivity contribution in [3.8, 4) is 0 Å². The highest BCUT2D eigenvalue weighted by atomic mass is 16.5. The lowest BCUT2D eigenvalue weighted by molar-refractivity contribution is -0.266. The molecule has 5 aliphatic carbocycles. The van der Waals surface area contributed by atoms with Crippen molar-refractivity contribution in [1.82, 2.24) is 4.90 Å². The average Bonchev–Trinajstić information content (AvgIpc) is 3.07. The SMILES string of the molecule is CCN1C[C@]2(C)CC[C@H](O)[C@@]34[C@@H]5C[C@H]6[C@H](O)[C@@H]5[C@@](O)(C[C@@H]6OC)[C@@H](C[C@H]23)[C@@H]14. The van der Waals surface area contributed by atoms with Crippen molar-refractivity contribution in [2.24, 2.45) is 40.4 Å². The van der Waals surface area contributed by atoms with E-state index in [1.165, 1.54) is 0 Å². The van der Waals surface area contributed by atoms with Gasteiger partial charge >= 0.3 is 0 Å². The van der Waals surface area contributed by atoms with E-state index in [1.54, 1.807) is 7.11 Å². The van der Waals surface area contributed by atoms with Gasteiger partial charge in [-0.15, -0.1) is 0 Å². The van der Waals surface area contributed by atoms with Gasteiger partial charge in [-0.3, -0.25) is 4.90 Å². The minimum Gasteiger partial charge on any atom is -0.392 e. The van der Waals surface area contributed by atoms with E-state index in [-0.39, 0.29) is 52.8 Å². The van der Waals surface area contributed by atoms with E-state index < -0.39 is 11.7 Å². The summed E-state index contributed by atoms with van der Waals surface area (Å²) in [7, 11) is 1.73. The first-order chi connectivity index (χ1) is 12.8. The number of ether oxygens (including phenoxy) is 1. The van der Waals surface area contributed by atoms with Crippen LogP contribution in [0.1, 0.15) is 46.0 Å². The van der Waals surface area contributed by atoms with Crippen LogP contribution in [0, 0.1) is 40.4 Å². The molecule has 5 saturated carbocycles. The van der Waals surface area contributed by atoms with Crippen LogP contribution in [0.3, 0.4) is 0 Å². The number of likely N-dealkylation sites (tertiary alicyclic amines) is 1. The fourth-order valence-electron chi connectivity index (χ4n) is 10.1. The second-order valence-corrected chi connectivity index (χ2v) is 11.1. The number of hydrogen-bond acceptors (Lipinski definition) is 5. The Bertz CT molecular complexity index is 673. The van der Waals surface area contributed by atoms with Gasteiger partial charge in [0.15, 0.2) is 0 Å². The van der Waals surface area contributed by atoms with Gasteiger partial charge in [-0.25, -0.2) is 0 Å². The van der Waals surface area contributed by atoms with Crippen LogP contribution < -0.4 is 0 Å². The van der Waals surface area contributed by atoms with Crippen molar-refractivity contribution in [3.05, 3.63) is 0 Å². The van der Waals surface area contributed by atoms with Crippen molar-refractivity contribution in [2.75, 3.05) is 20.2 Å². The van der Waals surface area contributed by atoms with E-state index in [9.17, 15) is 15.3 Å². The van der Waals surface area contributed by atoms with Crippen molar-refractivity contribution < 1.29 is 20.1 Å². The van der Waals surface area contributed by atoms with Gasteiger partial charge < -0.3 is 20.1 Å². The van der Waals surface area contributed by atoms with E-state index in [0.29, 0.717) is 12.3 Å². The van der Waals surface area contributed by atoms with Crippen LogP contribution in [0.25, 0.3) is 0 Å². The van der Waals surface area contributed by atoms with Gasteiger partial charge in [0, 0.05) is 49.3 Å². The molecule has 1 saturated heterocycles. The highest BCUT2D eigenvalue weighted by Crippen LogP contribution is 2.78. The lowest BCUT2D eigenvalue weighted by atomic mass is 9.43. The summed E-state index contributed by atoms with van der Waals surface area (Å²) in [5.41, 5.74) is -0.788. The molecule has 6 fully saturated rings. The molecular weight excluding hydrogens is 342 g/mol. The number of aliphatic hydroxyl groups is 3. The molecule has 3 N–H and O–H groups in total. The zero-order valence-electron chi connectivity index (χ0n) is 16.8. The Labute approximate surface area is 162 Å². The molecule has 6 rings (SSSR count). The highest BCUT2D eigenvalue weighted by Gasteiger charge is 2.82. The second kappa shape index (κ2) is 5.10. The summed E-state index contributed by atoms with van der Waals surface area (Å²) in [5, 5.41) is 34.9. The van der Waals surface area contributed by atoms with Gasteiger partial charge in [0.05, 0.1) is 23.9 Å². The summed E-state index contributed by atoms with van der Waals surface area (Å²) < 4.78 is 5.79. The van der Waals surface area contributed by atoms with Gasteiger partial charge in [-0.1, -0.05) is 13.8 Å². The fraction of sp³-hybridized carbons (Fsp3) is 1.00. The number of fused-ring (bicyclic) bond motifs is 2. The standard InChI is InChI=1S/C22H35NO4/c1-4-23-10-20(2)6-5-16(24)22-12-7-11-14(27-3)9-21(26,17(12)18(11)25)13(19(22)23)8-15(20)22/h11-19,24-26H,4-10H2,1-3H3/t11-,12-,13+,14+,15-,16+,17-,18+,19-,20+,21-,22-/m1/s1. The molecule has 1 spiro atoms. The third kappa shape index (κ3) is 1.66. The predicted molar refractivity (Wildman–Crippen MR) is 99.9 cm³/mol. The molecule has 7 bridgehead atoms. The molecule has 6 aliphatic rings. The fourth-order valence-corrected chi connectivity index (χ4v) is 10.1. The smallest absolute Gasteiger partial charge is 0.0771 e. The van der Waals surface area contributed by atoms with Crippen molar-refractivity contribution in [2.45, 2.75) is 75.9 Å². The summed E-state index contributed by atoms with van der Waals surface area (Å²) in [4.78, 5) is 2.60. The van der Waals surface area contributed by atoms with E-state index >= 15 is 0 Å². The number of rotatable bonds is 2. The normalized spacial score (nSPS) is 66.2. The van der Waals surface area contributed by atoms with Crippen LogP contribution in [0.2, 0.25) is 0 Å². The van der Waals surface area contributed by atoms with E-state index in [1.807, 2.05) is 0 Å². The molecule has 5 heteroatoms. The first kappa shape index (κ1) is 17.6. The molecule has 0 unspecified atom stereocenters. The first-order valence-electron chi connectivity index (χ1n) is 11.2. The lowest BCUT2D eigenvalue weighted by Crippen LogP contribution is -2.75. The van der Waals surface area contributed by atoms with Crippen LogP contribution in [0.5, 0.6) is 0 Å². The molecule has 12 atom stereocenters. The Balaban J connectivity index is 1.59. The van der Waals surface area contributed by atoms with Crippen molar-refractivity contribution in [1.29, 1.82) is 0 Å². The number of nitrogens with zero attached hydrogens (tertiary/aromatic N) is 1. The first-order valence-corrected chi connectivity index (χ1v) is 11.2. The molecule has 5 nitrogen and oxygen atoms in total. The molecule has 0 amide bonds. The Morgan fingerprint density at radius 2 is 1.96 bits per heavy atom. The Morgan fingerprint density at radius 3 is 2.67 bits per heavy atom. The monoisotopic (exact) mass is 377 g/mol. The van der Waals surface area contributed by atoms with Crippen molar-refractivity contribution >= 4 is 0 Å². The minimum absolute atomic E-state index is 0.0657. The molecule has 1 aliphatic heterocycles. The summed E-state index contributed by atoms with van der Waals surface area (Å²) >= 11 is 0. The third-order valence-electron chi connectivity index (χ3n) is 10.7. The van der Waals surface area contributed by atoms with E-state index in [2.05, 4.69) is 18.7 Å². The summed E-state index contributed by atoms with van der Waals surface area (Å²) in [5.74, 6) is 0.840. The van der Waals surface area contributed by atoms with Crippen LogP contribution in [-0.4, -0.2) is 70.4 Å². The highest BCUT2D eigenvalue weighted by molar-refractivity contribution is 5.32. The van der Waals surface area contributed by atoms with E-state index in [4.69, 9.17) is 4.74 Å². The maximum atomic E-state index is 12.1. The Hall–Kier alpha value is -0.200. The molecule has 0 aromatic rings. The summed E-state index contributed by atoms with van der Waals surface area (Å²) in [6.07, 6.45) is 3.66. The molecule has 152 valence electrons. The predicted octanol–water partition coefficient (Wildman–Crippen LogP) is 1.25. The van der Waals surface area contributed by atoms with E-state index in [0.717, 1.165) is 38.8 Å². The Kier molecular flexibility index (Phi) is 3.33. The zero-order valence-corrected chi connectivity index (χ0v) is 16.8. The zero-order chi connectivity index (χ0) is 18.9. The van der Waals surface area contributed by atoms with Gasteiger partial charge in [0.1, 0.15) is 0 Å². The molecule has 0 aromatic heterocycles. The van der Waals surface area contributed by atoms with Gasteiger partial charge in [-0.05, 0) is 49.5 Å². The van der Waals surface area contributed by atoms with Gasteiger partial charge in [0.25, 0.3) is 0 Å². The minimum atomic E-state index is -0.858. The topological polar surface area (TPSA) is 73.2 Å². The van der Waals surface area contributed by atoms with Crippen LogP contribution in [-0.2, 0) is 4.74 Å². The van der Waals surface area contributed by atoms with Crippen LogP contribution >= 0.6 is 0 Å². The molecule has 1 heterocycles. The quantitative estimate of drug-likeness (QED) is 0.676. The second-order valence-electron chi connectivity index (χ2n) is 11.1. The van der Waals surface area contributed by atoms with Crippen LogP contribution in [0.4, 0.5) is 0 Å². The van der Waals surface area contributed by atoms with Gasteiger partial charge in [-0.2, -0.15) is 0 Å². The molecular formula is C22H35NO4. The largest absolute Gasteiger partial charge is 0.392 e. The van der Waals surface area contributed by atoms with Gasteiger partial charge in [0.2, 0.25) is 0 Å². The summed E-state index contributed by atoms with van der Waals surface area (Å²) in [6.45, 7) is 6.74. The number of aliphatic hydroxyl groups excluding tert-OH is 2. The van der Waals surface area contributed by atoms with Crippen LogP contribution in [0.15, 0.2) is 0 Å². The number of hydrogen-bond donors (Lipinski definition) is 3. The molecule has 27 heavy (non-hydrogen) atoms. The molecule has 0 radical (unpaired) electrons. The maximum absolute atomic E-state index is 12.1. The summed E-state index contributed by atoms with van der Waals surface area (Å²) in [6, 6.07) is 0.253. The lowest BCUT2D eigenvalue weighted by Gasteiger charge is -2.68. The Morgan fingerprint density at radius 1 is 1.19 bits per heavy atom. The van der Waals surface area contributed by atoms with Crippen molar-refractivity contribution in [3.63, 3.8) is 0 Å². The third-order valence-corrected chi connectivity index (χ3v) is 10.7. The number of methoxy groups -OCH3 is 1. The average molecular weight is 378 g/mol. The molecule has 0 aromatic carbocycles.